The third-order valence-corrected chi connectivity index (χ3v) is 3.69. The number of hydrogen-bond donors (Lipinski definition) is 2. The molecule has 100 valence electrons. The van der Waals surface area contributed by atoms with E-state index in [-0.39, 0.29) is 0 Å². The highest BCUT2D eigenvalue weighted by Gasteiger charge is 2.46. The Morgan fingerprint density at radius 1 is 1.06 bits per heavy atom. The molecule has 4 heteroatoms. The summed E-state index contributed by atoms with van der Waals surface area (Å²) in [5.74, 6) is -2.38. The second kappa shape index (κ2) is 6.62. The lowest BCUT2D eigenvalue weighted by Crippen LogP contribution is -2.42. The zero-order valence-electron chi connectivity index (χ0n) is 11.2. The van der Waals surface area contributed by atoms with Gasteiger partial charge in [0.1, 0.15) is 0 Å². The van der Waals surface area contributed by atoms with E-state index < -0.39 is 23.3 Å². The average Bonchev–Trinajstić information content (AvgIpc) is 2.23. The highest BCUT2D eigenvalue weighted by molar-refractivity contribution is 5.83. The van der Waals surface area contributed by atoms with Gasteiger partial charge in [0, 0.05) is 0 Å². The van der Waals surface area contributed by atoms with Gasteiger partial charge in [0.05, 0.1) is 11.3 Å². The van der Waals surface area contributed by atoms with Crippen molar-refractivity contribution >= 4 is 11.9 Å². The van der Waals surface area contributed by atoms with Crippen molar-refractivity contribution in [2.24, 2.45) is 17.3 Å². The molecule has 1 unspecified atom stereocenters. The first-order valence-corrected chi connectivity index (χ1v) is 6.28. The third-order valence-electron chi connectivity index (χ3n) is 3.69. The number of carboxylic acid groups (broad SMARTS) is 2. The summed E-state index contributed by atoms with van der Waals surface area (Å²) in [5.41, 5.74) is -1.12. The molecule has 0 saturated carbocycles. The first-order valence-electron chi connectivity index (χ1n) is 6.28. The molecule has 0 spiro atoms. The Hall–Kier alpha value is -1.06. The van der Waals surface area contributed by atoms with Gasteiger partial charge in [-0.25, -0.2) is 0 Å². The molecular formula is C13H24O4. The predicted octanol–water partition coefficient (Wildman–Crippen LogP) is 3.01. The molecule has 0 fully saturated rings. The van der Waals surface area contributed by atoms with Crippen LogP contribution in [0.15, 0.2) is 0 Å². The molecule has 0 aromatic rings. The molecule has 0 aliphatic rings. The largest absolute Gasteiger partial charge is 0.481 e. The molecule has 17 heavy (non-hydrogen) atoms. The van der Waals surface area contributed by atoms with E-state index in [4.69, 9.17) is 0 Å². The van der Waals surface area contributed by atoms with Crippen LogP contribution in [-0.2, 0) is 9.59 Å². The Kier molecular flexibility index (Phi) is 6.21. The van der Waals surface area contributed by atoms with Crippen molar-refractivity contribution in [3.8, 4) is 0 Å². The second-order valence-electron chi connectivity index (χ2n) is 5.03. The van der Waals surface area contributed by atoms with Crippen LogP contribution in [0.2, 0.25) is 0 Å². The van der Waals surface area contributed by atoms with Gasteiger partial charge < -0.3 is 10.2 Å². The lowest BCUT2D eigenvalue weighted by atomic mass is 9.69. The lowest BCUT2D eigenvalue weighted by Gasteiger charge is -2.33. The molecule has 0 radical (unpaired) electrons. The summed E-state index contributed by atoms with van der Waals surface area (Å²) in [7, 11) is 0. The maximum Gasteiger partial charge on any atom is 0.310 e. The highest BCUT2D eigenvalue weighted by Crippen LogP contribution is 2.39. The SMILES string of the molecule is CCC(CC)(C(=O)O)C(CCC(C)C)C(=O)O. The molecule has 0 aromatic heterocycles. The number of aliphatic carboxylic acids is 2. The van der Waals surface area contributed by atoms with E-state index in [1.54, 1.807) is 13.8 Å². The molecule has 0 aromatic carbocycles. The minimum Gasteiger partial charge on any atom is -0.481 e. The average molecular weight is 244 g/mol. The molecule has 0 heterocycles. The summed E-state index contributed by atoms with van der Waals surface area (Å²) in [4.78, 5) is 22.7. The topological polar surface area (TPSA) is 74.6 Å². The Labute approximate surface area is 103 Å². The fourth-order valence-electron chi connectivity index (χ4n) is 2.33. The van der Waals surface area contributed by atoms with E-state index in [1.165, 1.54) is 0 Å². The van der Waals surface area contributed by atoms with Crippen LogP contribution in [0.5, 0.6) is 0 Å². The molecule has 0 rings (SSSR count). The van der Waals surface area contributed by atoms with E-state index in [0.717, 1.165) is 6.42 Å². The van der Waals surface area contributed by atoms with Gasteiger partial charge in [0.15, 0.2) is 0 Å². The second-order valence-corrected chi connectivity index (χ2v) is 5.03. The van der Waals surface area contributed by atoms with E-state index in [1.807, 2.05) is 13.8 Å². The first-order chi connectivity index (χ1) is 7.81. The minimum atomic E-state index is -1.12. The molecule has 0 aliphatic carbocycles. The van der Waals surface area contributed by atoms with Crippen LogP contribution in [-0.4, -0.2) is 22.2 Å². The smallest absolute Gasteiger partial charge is 0.310 e. The highest BCUT2D eigenvalue weighted by atomic mass is 16.4. The quantitative estimate of drug-likeness (QED) is 0.688. The van der Waals surface area contributed by atoms with Crippen LogP contribution in [0, 0.1) is 17.3 Å². The van der Waals surface area contributed by atoms with Gasteiger partial charge in [0.2, 0.25) is 0 Å². The standard InChI is InChI=1S/C13H24O4/c1-5-13(6-2,12(16)17)10(11(14)15)8-7-9(3)4/h9-10H,5-8H2,1-4H3,(H,14,15)(H,16,17). The zero-order valence-corrected chi connectivity index (χ0v) is 11.2. The van der Waals surface area contributed by atoms with Gasteiger partial charge >= 0.3 is 11.9 Å². The maximum atomic E-state index is 11.4. The van der Waals surface area contributed by atoms with Gasteiger partial charge in [-0.3, -0.25) is 9.59 Å². The van der Waals surface area contributed by atoms with E-state index in [2.05, 4.69) is 0 Å². The molecule has 0 amide bonds. The molecule has 2 N–H and O–H groups in total. The van der Waals surface area contributed by atoms with Crippen molar-refractivity contribution in [3.63, 3.8) is 0 Å². The van der Waals surface area contributed by atoms with Crippen molar-refractivity contribution < 1.29 is 19.8 Å². The molecular weight excluding hydrogens is 220 g/mol. The number of carboxylic acids is 2. The molecule has 0 bridgehead atoms. The summed E-state index contributed by atoms with van der Waals surface area (Å²) in [5, 5.41) is 18.6. The molecule has 0 aliphatic heterocycles. The number of hydrogen-bond acceptors (Lipinski definition) is 2. The van der Waals surface area contributed by atoms with Crippen molar-refractivity contribution in [2.45, 2.75) is 53.4 Å². The van der Waals surface area contributed by atoms with E-state index in [9.17, 15) is 19.8 Å². The minimum absolute atomic E-state index is 0.355. The van der Waals surface area contributed by atoms with Crippen molar-refractivity contribution in [1.82, 2.24) is 0 Å². The summed E-state index contributed by atoms with van der Waals surface area (Å²) >= 11 is 0. The molecule has 0 saturated heterocycles. The van der Waals surface area contributed by atoms with Gasteiger partial charge in [-0.2, -0.15) is 0 Å². The van der Waals surface area contributed by atoms with Crippen molar-refractivity contribution in [2.75, 3.05) is 0 Å². The predicted molar refractivity (Wildman–Crippen MR) is 65.8 cm³/mol. The molecule has 1 atom stereocenters. The monoisotopic (exact) mass is 244 g/mol. The van der Waals surface area contributed by atoms with Gasteiger partial charge in [-0.1, -0.05) is 34.1 Å². The fourth-order valence-corrected chi connectivity index (χ4v) is 2.33. The van der Waals surface area contributed by atoms with Gasteiger partial charge in [0.25, 0.3) is 0 Å². The Balaban J connectivity index is 5.10. The van der Waals surface area contributed by atoms with Crippen LogP contribution in [0.25, 0.3) is 0 Å². The van der Waals surface area contributed by atoms with Crippen LogP contribution in [0.4, 0.5) is 0 Å². The van der Waals surface area contributed by atoms with Crippen LogP contribution in [0.1, 0.15) is 53.4 Å². The summed E-state index contributed by atoms with van der Waals surface area (Å²) < 4.78 is 0. The van der Waals surface area contributed by atoms with Crippen LogP contribution >= 0.6 is 0 Å². The van der Waals surface area contributed by atoms with E-state index >= 15 is 0 Å². The number of rotatable bonds is 8. The van der Waals surface area contributed by atoms with Crippen molar-refractivity contribution in [3.05, 3.63) is 0 Å². The Bertz CT molecular complexity index is 267. The van der Waals surface area contributed by atoms with Crippen LogP contribution in [0.3, 0.4) is 0 Å². The molecule has 4 nitrogen and oxygen atoms in total. The first kappa shape index (κ1) is 15.9. The third kappa shape index (κ3) is 3.72. The fraction of sp³-hybridized carbons (Fsp3) is 0.846. The van der Waals surface area contributed by atoms with Crippen molar-refractivity contribution in [1.29, 1.82) is 0 Å². The Morgan fingerprint density at radius 2 is 1.53 bits per heavy atom. The maximum absolute atomic E-state index is 11.4. The normalized spacial score (nSPS) is 13.7. The van der Waals surface area contributed by atoms with E-state index in [0.29, 0.717) is 25.2 Å². The van der Waals surface area contributed by atoms with Crippen LogP contribution < -0.4 is 0 Å². The number of carbonyl (C=O) groups is 2. The lowest BCUT2D eigenvalue weighted by molar-refractivity contribution is -0.164. The summed E-state index contributed by atoms with van der Waals surface area (Å²) in [6, 6.07) is 0. The summed E-state index contributed by atoms with van der Waals surface area (Å²) in [6.45, 7) is 7.53. The van der Waals surface area contributed by atoms with Gasteiger partial charge in [-0.05, 0) is 25.2 Å². The summed E-state index contributed by atoms with van der Waals surface area (Å²) in [6.07, 6.45) is 1.88. The van der Waals surface area contributed by atoms with Gasteiger partial charge in [-0.15, -0.1) is 0 Å². The Morgan fingerprint density at radius 3 is 1.76 bits per heavy atom. The zero-order chi connectivity index (χ0) is 13.6.